The van der Waals surface area contributed by atoms with Gasteiger partial charge in [-0.1, -0.05) is 18.7 Å². The van der Waals surface area contributed by atoms with Crippen LogP contribution in [0.15, 0.2) is 11.4 Å². The molecule has 1 aliphatic rings. The molecule has 2 aromatic rings. The van der Waals surface area contributed by atoms with Crippen LogP contribution in [-0.4, -0.2) is 63.6 Å². The minimum Gasteiger partial charge on any atom is -0.339 e. The number of hydrogen-bond acceptors (Lipinski definition) is 6. The van der Waals surface area contributed by atoms with Crippen molar-refractivity contribution in [2.75, 3.05) is 32.7 Å². The van der Waals surface area contributed by atoms with Gasteiger partial charge in [-0.25, -0.2) is 9.97 Å². The molecule has 1 unspecified atom stereocenters. The zero-order chi connectivity index (χ0) is 17.3. The van der Waals surface area contributed by atoms with E-state index in [0.717, 1.165) is 48.0 Å². The molecule has 1 amide bonds. The number of aromatic nitrogens is 2. The summed E-state index contributed by atoms with van der Waals surface area (Å²) in [4.78, 5) is 28.3. The molecule has 0 bridgehead atoms. The van der Waals surface area contributed by atoms with Crippen molar-refractivity contribution in [2.45, 2.75) is 38.0 Å². The first-order chi connectivity index (χ1) is 11.5. The van der Waals surface area contributed by atoms with E-state index in [-0.39, 0.29) is 11.2 Å². The summed E-state index contributed by atoms with van der Waals surface area (Å²) in [7, 11) is 0. The molecule has 1 fully saturated rings. The zero-order valence-electron chi connectivity index (χ0n) is 14.7. The van der Waals surface area contributed by atoms with Gasteiger partial charge in [0.15, 0.2) is 0 Å². The molecule has 0 spiro atoms. The highest BCUT2D eigenvalue weighted by Crippen LogP contribution is 2.36. The fourth-order valence-electron chi connectivity index (χ4n) is 3.00. The van der Waals surface area contributed by atoms with Crippen molar-refractivity contribution in [3.05, 3.63) is 16.8 Å². The topological polar surface area (TPSA) is 49.3 Å². The number of carbonyl (C=O) groups excluding carboxylic acids is 1. The zero-order valence-corrected chi connectivity index (χ0v) is 16.3. The summed E-state index contributed by atoms with van der Waals surface area (Å²) in [5, 5.41) is 1.91. The molecule has 1 saturated heterocycles. The Balaban J connectivity index is 1.73. The molecule has 5 nitrogen and oxygen atoms in total. The number of nitrogens with zero attached hydrogens (tertiary/aromatic N) is 4. The summed E-state index contributed by atoms with van der Waals surface area (Å²) in [6.45, 7) is 13.0. The van der Waals surface area contributed by atoms with Crippen molar-refractivity contribution in [1.82, 2.24) is 19.8 Å². The molecule has 0 saturated carbocycles. The predicted octanol–water partition coefficient (Wildman–Crippen LogP) is 2.95. The second kappa shape index (κ2) is 7.37. The van der Waals surface area contributed by atoms with E-state index in [1.807, 2.05) is 11.8 Å². The second-order valence-corrected chi connectivity index (χ2v) is 8.69. The Bertz CT molecular complexity index is 738. The van der Waals surface area contributed by atoms with E-state index in [1.54, 1.807) is 29.4 Å². The number of aryl methyl sites for hydroxylation is 2. The van der Waals surface area contributed by atoms with E-state index in [4.69, 9.17) is 0 Å². The summed E-state index contributed by atoms with van der Waals surface area (Å²) in [6.07, 6.45) is 1.61. The van der Waals surface area contributed by atoms with Crippen LogP contribution in [0.4, 0.5) is 0 Å². The lowest BCUT2D eigenvalue weighted by molar-refractivity contribution is -0.132. The smallest absolute Gasteiger partial charge is 0.235 e. The first-order valence-electron chi connectivity index (χ1n) is 8.39. The van der Waals surface area contributed by atoms with E-state index >= 15 is 0 Å². The number of carbonyl (C=O) groups is 1. The van der Waals surface area contributed by atoms with Gasteiger partial charge in [-0.15, -0.1) is 11.3 Å². The van der Waals surface area contributed by atoms with E-state index in [0.29, 0.717) is 0 Å². The molecule has 24 heavy (non-hydrogen) atoms. The number of amides is 1. The molecule has 0 radical (unpaired) electrons. The molecule has 0 aromatic carbocycles. The van der Waals surface area contributed by atoms with Crippen molar-refractivity contribution >= 4 is 39.2 Å². The molecule has 2 aromatic heterocycles. The standard InChI is InChI=1S/C17H24N4OS2/c1-5-20-6-8-21(9-7-20)17(22)13(4)24-16-14-11(2)12(3)23-15(14)18-10-19-16/h10,13H,5-9H2,1-4H3. The number of thiophene rings is 1. The normalized spacial score (nSPS) is 17.4. The maximum atomic E-state index is 12.8. The van der Waals surface area contributed by atoms with Gasteiger partial charge in [-0.3, -0.25) is 4.79 Å². The van der Waals surface area contributed by atoms with Crippen LogP contribution >= 0.6 is 23.1 Å². The maximum absolute atomic E-state index is 12.8. The lowest BCUT2D eigenvalue weighted by Crippen LogP contribution is -2.50. The van der Waals surface area contributed by atoms with Crippen LogP contribution in [0.3, 0.4) is 0 Å². The van der Waals surface area contributed by atoms with Gasteiger partial charge in [0.25, 0.3) is 0 Å². The van der Waals surface area contributed by atoms with Crippen LogP contribution in [-0.2, 0) is 4.79 Å². The minimum atomic E-state index is -0.129. The van der Waals surface area contributed by atoms with Gasteiger partial charge in [0.05, 0.1) is 5.25 Å². The van der Waals surface area contributed by atoms with E-state index in [1.165, 1.54) is 10.4 Å². The number of fused-ring (bicyclic) bond motifs is 1. The Morgan fingerprint density at radius 3 is 2.67 bits per heavy atom. The molecule has 3 heterocycles. The largest absolute Gasteiger partial charge is 0.339 e. The van der Waals surface area contributed by atoms with Crippen molar-refractivity contribution in [2.24, 2.45) is 0 Å². The Labute approximate surface area is 151 Å². The number of rotatable bonds is 4. The monoisotopic (exact) mass is 364 g/mol. The van der Waals surface area contributed by atoms with Crippen LogP contribution in [0.5, 0.6) is 0 Å². The summed E-state index contributed by atoms with van der Waals surface area (Å²) in [5.74, 6) is 0.215. The summed E-state index contributed by atoms with van der Waals surface area (Å²) >= 11 is 3.25. The van der Waals surface area contributed by atoms with Gasteiger partial charge in [0.1, 0.15) is 16.2 Å². The SMILES string of the molecule is CCN1CCN(C(=O)C(C)Sc2ncnc3sc(C)c(C)c23)CC1. The second-order valence-electron chi connectivity index (χ2n) is 6.16. The van der Waals surface area contributed by atoms with Gasteiger partial charge < -0.3 is 9.80 Å². The molecule has 3 rings (SSSR count). The summed E-state index contributed by atoms with van der Waals surface area (Å²) in [6, 6.07) is 0. The highest BCUT2D eigenvalue weighted by Gasteiger charge is 2.26. The first kappa shape index (κ1) is 17.6. The molecule has 1 atom stereocenters. The van der Waals surface area contributed by atoms with Crippen LogP contribution in [0.2, 0.25) is 0 Å². The van der Waals surface area contributed by atoms with Crippen molar-refractivity contribution < 1.29 is 4.79 Å². The number of piperazine rings is 1. The number of hydrogen-bond donors (Lipinski definition) is 0. The van der Waals surface area contributed by atoms with E-state index in [9.17, 15) is 4.79 Å². The minimum absolute atomic E-state index is 0.129. The first-order valence-corrected chi connectivity index (χ1v) is 10.1. The number of likely N-dealkylation sites (N-methyl/N-ethyl adjacent to an activating group) is 1. The summed E-state index contributed by atoms with van der Waals surface area (Å²) in [5.41, 5.74) is 1.23. The molecule has 0 N–H and O–H groups in total. The van der Waals surface area contributed by atoms with Gasteiger partial charge in [-0.2, -0.15) is 0 Å². The Kier molecular flexibility index (Phi) is 5.42. The van der Waals surface area contributed by atoms with Crippen LogP contribution in [0.1, 0.15) is 24.3 Å². The summed E-state index contributed by atoms with van der Waals surface area (Å²) < 4.78 is 0. The van der Waals surface area contributed by atoms with Gasteiger partial charge in [-0.05, 0) is 32.9 Å². The van der Waals surface area contributed by atoms with Gasteiger partial charge >= 0.3 is 0 Å². The highest BCUT2D eigenvalue weighted by atomic mass is 32.2. The average Bonchev–Trinajstić information content (AvgIpc) is 2.89. The Morgan fingerprint density at radius 2 is 2.00 bits per heavy atom. The molecule has 1 aliphatic heterocycles. The lowest BCUT2D eigenvalue weighted by atomic mass is 10.2. The van der Waals surface area contributed by atoms with Crippen molar-refractivity contribution in [1.29, 1.82) is 0 Å². The third kappa shape index (κ3) is 3.43. The highest BCUT2D eigenvalue weighted by molar-refractivity contribution is 8.00. The fraction of sp³-hybridized carbons (Fsp3) is 0.588. The van der Waals surface area contributed by atoms with Crippen molar-refractivity contribution in [3.8, 4) is 0 Å². The molecular weight excluding hydrogens is 340 g/mol. The third-order valence-corrected chi connectivity index (χ3v) is 6.90. The number of thioether (sulfide) groups is 1. The average molecular weight is 365 g/mol. The van der Waals surface area contributed by atoms with Crippen molar-refractivity contribution in [3.63, 3.8) is 0 Å². The Hall–Kier alpha value is -1.18. The van der Waals surface area contributed by atoms with Gasteiger partial charge in [0, 0.05) is 36.4 Å². The Morgan fingerprint density at radius 1 is 1.29 bits per heavy atom. The van der Waals surface area contributed by atoms with E-state index < -0.39 is 0 Å². The predicted molar refractivity (Wildman–Crippen MR) is 101 cm³/mol. The van der Waals surface area contributed by atoms with Crippen LogP contribution in [0.25, 0.3) is 10.2 Å². The van der Waals surface area contributed by atoms with Crippen LogP contribution in [0, 0.1) is 13.8 Å². The third-order valence-electron chi connectivity index (χ3n) is 4.70. The van der Waals surface area contributed by atoms with E-state index in [2.05, 4.69) is 35.6 Å². The molecule has 0 aliphatic carbocycles. The van der Waals surface area contributed by atoms with Crippen LogP contribution < -0.4 is 0 Å². The maximum Gasteiger partial charge on any atom is 0.235 e. The van der Waals surface area contributed by atoms with Gasteiger partial charge in [0.2, 0.25) is 5.91 Å². The quantitative estimate of drug-likeness (QED) is 0.617. The lowest BCUT2D eigenvalue weighted by Gasteiger charge is -2.35. The fourth-order valence-corrected chi connectivity index (χ4v) is 5.12. The molecule has 130 valence electrons. The molecule has 7 heteroatoms. The molecular formula is C17H24N4OS2.